The van der Waals surface area contributed by atoms with Crippen LogP contribution in [0.1, 0.15) is 49.7 Å². The van der Waals surface area contributed by atoms with Gasteiger partial charge in [-0.15, -0.1) is 0 Å². The van der Waals surface area contributed by atoms with Gasteiger partial charge in [-0.3, -0.25) is 0 Å². The lowest BCUT2D eigenvalue weighted by Crippen LogP contribution is -2.48. The van der Waals surface area contributed by atoms with Crippen LogP contribution in [-0.4, -0.2) is 58.0 Å². The highest BCUT2D eigenvalue weighted by molar-refractivity contribution is 5.60. The first kappa shape index (κ1) is 19.9. The number of benzene rings is 1. The van der Waals surface area contributed by atoms with Crippen molar-refractivity contribution in [3.63, 3.8) is 0 Å². The number of ether oxygens (including phenoxy) is 6. The van der Waals surface area contributed by atoms with Crippen molar-refractivity contribution in [2.75, 3.05) is 39.6 Å². The topological polar surface area (TPSA) is 65.3 Å². The minimum Gasteiger partial charge on any atom is -0.490 e. The molecule has 0 radical (unpaired) electrons. The number of rotatable bonds is 10. The minimum atomic E-state index is 0.195. The average molecular weight is 443 g/mol. The summed E-state index contributed by atoms with van der Waals surface area (Å²) in [5, 5.41) is 0. The van der Waals surface area contributed by atoms with Crippen molar-refractivity contribution < 1.29 is 28.4 Å². The maximum absolute atomic E-state index is 6.52. The molecule has 4 aliphatic carbocycles. The van der Waals surface area contributed by atoms with Gasteiger partial charge in [-0.1, -0.05) is 0 Å². The van der Waals surface area contributed by atoms with E-state index in [1.54, 1.807) is 0 Å². The van der Waals surface area contributed by atoms with Crippen molar-refractivity contribution in [2.24, 2.45) is 17.8 Å². The Balaban J connectivity index is 1.28. The van der Waals surface area contributed by atoms with E-state index in [1.807, 2.05) is 0 Å². The zero-order chi connectivity index (χ0) is 21.3. The van der Waals surface area contributed by atoms with Gasteiger partial charge in [0.2, 0.25) is 0 Å². The van der Waals surface area contributed by atoms with Crippen molar-refractivity contribution in [1.29, 1.82) is 0 Å². The summed E-state index contributed by atoms with van der Waals surface area (Å²) >= 11 is 0. The summed E-state index contributed by atoms with van der Waals surface area (Å²) in [6.45, 7) is 6.24. The molecule has 4 bridgehead atoms. The SMILES string of the molecule is Cc1c(OCC2CO2)c(OCC2CO2)cc(C23CC4CC(CC(C4)C2)C3)c1OCC1CO1. The van der Waals surface area contributed by atoms with Crippen molar-refractivity contribution in [1.82, 2.24) is 0 Å². The van der Waals surface area contributed by atoms with Crippen LogP contribution in [0, 0.1) is 24.7 Å². The second-order valence-corrected chi connectivity index (χ2v) is 11.2. The molecule has 3 heterocycles. The Bertz CT molecular complexity index is 850. The smallest absolute Gasteiger partial charge is 0.167 e. The predicted octanol–water partition coefficient (Wildman–Crippen LogP) is 3.80. The van der Waals surface area contributed by atoms with E-state index in [2.05, 4.69) is 13.0 Å². The highest BCUT2D eigenvalue weighted by Crippen LogP contribution is 2.63. The summed E-state index contributed by atoms with van der Waals surface area (Å²) in [5.41, 5.74) is 2.63. The Kier molecular flexibility index (Phi) is 4.67. The molecular formula is C26H34O6. The zero-order valence-corrected chi connectivity index (χ0v) is 19.0. The Morgan fingerprint density at radius 2 is 1.22 bits per heavy atom. The molecule has 4 saturated carbocycles. The van der Waals surface area contributed by atoms with E-state index < -0.39 is 0 Å². The van der Waals surface area contributed by atoms with Crippen molar-refractivity contribution in [3.8, 4) is 17.2 Å². The molecule has 0 spiro atoms. The fraction of sp³-hybridized carbons (Fsp3) is 0.769. The summed E-state index contributed by atoms with van der Waals surface area (Å²) in [6.07, 6.45) is 8.77. The molecule has 3 aliphatic heterocycles. The van der Waals surface area contributed by atoms with Gasteiger partial charge in [-0.2, -0.15) is 0 Å². The van der Waals surface area contributed by atoms with Crippen LogP contribution in [-0.2, 0) is 19.6 Å². The predicted molar refractivity (Wildman–Crippen MR) is 117 cm³/mol. The van der Waals surface area contributed by atoms with Gasteiger partial charge < -0.3 is 28.4 Å². The minimum absolute atomic E-state index is 0.195. The van der Waals surface area contributed by atoms with Crippen LogP contribution in [0.15, 0.2) is 6.07 Å². The van der Waals surface area contributed by atoms with E-state index in [9.17, 15) is 0 Å². The Labute approximate surface area is 189 Å². The molecule has 8 rings (SSSR count). The van der Waals surface area contributed by atoms with E-state index in [0.717, 1.165) is 60.4 Å². The number of hydrogen-bond acceptors (Lipinski definition) is 6. The normalized spacial score (nSPS) is 40.3. The molecule has 1 aromatic rings. The first-order chi connectivity index (χ1) is 15.6. The van der Waals surface area contributed by atoms with Crippen molar-refractivity contribution in [2.45, 2.75) is 69.2 Å². The standard InChI is InChI=1S/C26H34O6/c1-15-24(31-13-20-10-28-20)22(26-6-16-2-17(7-26)4-18(3-16)8-26)5-23(30-12-19-9-27-19)25(15)32-14-21-11-29-21/h5,16-21H,2-4,6-14H2,1H3. The molecular weight excluding hydrogens is 408 g/mol. The Morgan fingerprint density at radius 1 is 0.750 bits per heavy atom. The van der Waals surface area contributed by atoms with Gasteiger partial charge in [0.15, 0.2) is 11.5 Å². The van der Waals surface area contributed by atoms with Crippen LogP contribution < -0.4 is 14.2 Å². The molecule has 32 heavy (non-hydrogen) atoms. The van der Waals surface area contributed by atoms with E-state index in [4.69, 9.17) is 28.4 Å². The molecule has 3 atom stereocenters. The van der Waals surface area contributed by atoms with E-state index >= 15 is 0 Å². The lowest BCUT2D eigenvalue weighted by molar-refractivity contribution is -0.00665. The summed E-state index contributed by atoms with van der Waals surface area (Å²) < 4.78 is 35.4. The third kappa shape index (κ3) is 3.78. The molecule has 6 nitrogen and oxygen atoms in total. The largest absolute Gasteiger partial charge is 0.490 e. The van der Waals surface area contributed by atoms with Crippen LogP contribution in [0.4, 0.5) is 0 Å². The summed E-state index contributed by atoms with van der Waals surface area (Å²) in [5.74, 6) is 5.28. The summed E-state index contributed by atoms with van der Waals surface area (Å²) in [4.78, 5) is 0. The van der Waals surface area contributed by atoms with Crippen LogP contribution in [0.25, 0.3) is 0 Å². The molecule has 0 N–H and O–H groups in total. The quantitative estimate of drug-likeness (QED) is 0.514. The second-order valence-electron chi connectivity index (χ2n) is 11.2. The molecule has 174 valence electrons. The molecule has 7 aliphatic rings. The summed E-state index contributed by atoms with van der Waals surface area (Å²) in [7, 11) is 0. The molecule has 6 heteroatoms. The van der Waals surface area contributed by atoms with Gasteiger partial charge in [0.1, 0.15) is 43.9 Å². The third-order valence-electron chi connectivity index (χ3n) is 8.49. The monoisotopic (exact) mass is 442 g/mol. The highest BCUT2D eigenvalue weighted by Gasteiger charge is 2.53. The zero-order valence-electron chi connectivity index (χ0n) is 19.0. The molecule has 3 unspecified atom stereocenters. The fourth-order valence-electron chi connectivity index (χ4n) is 7.09. The molecule has 3 saturated heterocycles. The summed E-state index contributed by atoms with van der Waals surface area (Å²) in [6, 6.07) is 2.27. The molecule has 1 aromatic carbocycles. The molecule has 0 aromatic heterocycles. The van der Waals surface area contributed by atoms with Crippen molar-refractivity contribution in [3.05, 3.63) is 17.2 Å². The average Bonchev–Trinajstić information content (AvgIpc) is 3.60. The lowest BCUT2D eigenvalue weighted by atomic mass is 9.48. The lowest BCUT2D eigenvalue weighted by Gasteiger charge is -2.57. The number of epoxide rings is 3. The van der Waals surface area contributed by atoms with E-state index in [1.165, 1.54) is 44.1 Å². The van der Waals surface area contributed by atoms with Gasteiger partial charge in [0.25, 0.3) is 0 Å². The van der Waals surface area contributed by atoms with Crippen LogP contribution >= 0.6 is 0 Å². The Morgan fingerprint density at radius 3 is 1.72 bits per heavy atom. The third-order valence-corrected chi connectivity index (χ3v) is 8.49. The molecule has 0 amide bonds. The van der Waals surface area contributed by atoms with Gasteiger partial charge in [0.05, 0.1) is 19.8 Å². The van der Waals surface area contributed by atoms with Gasteiger partial charge >= 0.3 is 0 Å². The Hall–Kier alpha value is -1.50. The van der Waals surface area contributed by atoms with Gasteiger partial charge in [-0.25, -0.2) is 0 Å². The van der Waals surface area contributed by atoms with Crippen LogP contribution in [0.5, 0.6) is 17.2 Å². The second kappa shape index (κ2) is 7.51. The fourth-order valence-corrected chi connectivity index (χ4v) is 7.09. The van der Waals surface area contributed by atoms with Crippen molar-refractivity contribution >= 4 is 0 Å². The maximum Gasteiger partial charge on any atom is 0.167 e. The highest BCUT2D eigenvalue weighted by atomic mass is 16.6. The first-order valence-corrected chi connectivity index (χ1v) is 12.6. The van der Waals surface area contributed by atoms with Crippen LogP contribution in [0.2, 0.25) is 0 Å². The van der Waals surface area contributed by atoms with Gasteiger partial charge in [0, 0.05) is 11.1 Å². The van der Waals surface area contributed by atoms with Gasteiger partial charge in [-0.05, 0) is 74.7 Å². The first-order valence-electron chi connectivity index (χ1n) is 12.6. The molecule has 7 fully saturated rings. The number of hydrogen-bond donors (Lipinski definition) is 0. The van der Waals surface area contributed by atoms with Crippen LogP contribution in [0.3, 0.4) is 0 Å². The van der Waals surface area contributed by atoms with E-state index in [-0.39, 0.29) is 23.7 Å². The maximum atomic E-state index is 6.52. The van der Waals surface area contributed by atoms with E-state index in [0.29, 0.717) is 19.8 Å².